The van der Waals surface area contributed by atoms with E-state index in [1.54, 1.807) is 44.3 Å². The lowest BCUT2D eigenvalue weighted by Crippen LogP contribution is -2.34. The molecule has 0 saturated carbocycles. The van der Waals surface area contributed by atoms with E-state index in [0.29, 0.717) is 23.6 Å². The number of ether oxygens (including phenoxy) is 1. The molecule has 1 N–H and O–H groups in total. The Balaban J connectivity index is 1.76. The highest BCUT2D eigenvalue weighted by Crippen LogP contribution is 2.29. The second-order valence-electron chi connectivity index (χ2n) is 6.70. The molecular weight excluding hydrogens is 343 g/mol. The van der Waals surface area contributed by atoms with E-state index in [1.807, 2.05) is 30.3 Å². The summed E-state index contributed by atoms with van der Waals surface area (Å²) in [7, 11) is 0. The van der Waals surface area contributed by atoms with Gasteiger partial charge in [-0.15, -0.1) is 0 Å². The fourth-order valence-corrected chi connectivity index (χ4v) is 2.62. The monoisotopic (exact) mass is 364 g/mol. The number of benzene rings is 2. The molecule has 2 aromatic carbocycles. The Bertz CT molecular complexity index is 926. The van der Waals surface area contributed by atoms with Crippen LogP contribution in [0.4, 0.5) is 10.1 Å². The van der Waals surface area contributed by atoms with Crippen LogP contribution < -0.4 is 10.1 Å². The molecule has 5 heteroatoms. The molecule has 3 aromatic rings. The number of aromatic nitrogens is 1. The van der Waals surface area contributed by atoms with Crippen molar-refractivity contribution in [1.29, 1.82) is 0 Å². The Hall–Kier alpha value is -3.21. The van der Waals surface area contributed by atoms with Gasteiger partial charge < -0.3 is 10.1 Å². The van der Waals surface area contributed by atoms with Crippen molar-refractivity contribution < 1.29 is 13.9 Å². The molecule has 0 aliphatic carbocycles. The van der Waals surface area contributed by atoms with Crippen LogP contribution >= 0.6 is 0 Å². The molecule has 3 rings (SSSR count). The summed E-state index contributed by atoms with van der Waals surface area (Å²) >= 11 is 0. The zero-order chi connectivity index (χ0) is 19.3. The van der Waals surface area contributed by atoms with E-state index in [2.05, 4.69) is 10.3 Å². The number of para-hydroxylation sites is 2. The summed E-state index contributed by atoms with van der Waals surface area (Å²) < 4.78 is 19.4. The number of nitrogens with one attached hydrogen (secondary N) is 1. The van der Waals surface area contributed by atoms with E-state index in [4.69, 9.17) is 4.74 Å². The smallest absolute Gasteiger partial charge is 0.234 e. The topological polar surface area (TPSA) is 51.2 Å². The summed E-state index contributed by atoms with van der Waals surface area (Å²) in [5.41, 5.74) is 1.05. The molecule has 0 atom stereocenters. The van der Waals surface area contributed by atoms with Crippen LogP contribution in [0.15, 0.2) is 72.9 Å². The van der Waals surface area contributed by atoms with Crippen molar-refractivity contribution in [3.63, 3.8) is 0 Å². The van der Waals surface area contributed by atoms with E-state index in [1.165, 1.54) is 12.1 Å². The number of hydrogen-bond acceptors (Lipinski definition) is 3. The number of nitrogens with zero attached hydrogens (tertiary/aromatic N) is 1. The molecular formula is C22H21FN2O2. The second-order valence-corrected chi connectivity index (χ2v) is 6.70. The zero-order valence-corrected chi connectivity index (χ0v) is 15.3. The number of anilines is 1. The van der Waals surface area contributed by atoms with Crippen LogP contribution in [0.3, 0.4) is 0 Å². The molecule has 0 radical (unpaired) electrons. The maximum atomic E-state index is 13.6. The first kappa shape index (κ1) is 18.6. The normalized spacial score (nSPS) is 11.1. The standard InChI is InChI=1S/C22H21FN2O2/c1-22(2,16-8-7-9-17(23)14-16)21(26)25-19-11-3-4-12-20(19)27-15-18-10-5-6-13-24-18/h3-14H,15H2,1-2H3,(H,25,26). The lowest BCUT2D eigenvalue weighted by Gasteiger charge is -2.25. The van der Waals surface area contributed by atoms with Crippen molar-refractivity contribution in [1.82, 2.24) is 4.98 Å². The van der Waals surface area contributed by atoms with E-state index in [9.17, 15) is 9.18 Å². The number of rotatable bonds is 6. The van der Waals surface area contributed by atoms with Gasteiger partial charge in [0.25, 0.3) is 0 Å². The van der Waals surface area contributed by atoms with Crippen LogP contribution in [0.5, 0.6) is 5.75 Å². The van der Waals surface area contributed by atoms with Crippen molar-refractivity contribution in [3.8, 4) is 5.75 Å². The maximum absolute atomic E-state index is 13.6. The SMILES string of the molecule is CC(C)(C(=O)Nc1ccccc1OCc1ccccn1)c1cccc(F)c1. The Kier molecular flexibility index (Phi) is 5.50. The lowest BCUT2D eigenvalue weighted by molar-refractivity contribution is -0.120. The van der Waals surface area contributed by atoms with Gasteiger partial charge >= 0.3 is 0 Å². The van der Waals surface area contributed by atoms with Crippen molar-refractivity contribution in [2.45, 2.75) is 25.9 Å². The molecule has 0 fully saturated rings. The fraction of sp³-hybridized carbons (Fsp3) is 0.182. The highest BCUT2D eigenvalue weighted by molar-refractivity contribution is 5.99. The quantitative estimate of drug-likeness (QED) is 0.689. The minimum absolute atomic E-state index is 0.248. The molecule has 1 aromatic heterocycles. The molecule has 1 heterocycles. The number of carbonyl (C=O) groups is 1. The molecule has 1 amide bonds. The highest BCUT2D eigenvalue weighted by atomic mass is 19.1. The van der Waals surface area contributed by atoms with Gasteiger partial charge in [0, 0.05) is 6.20 Å². The second kappa shape index (κ2) is 7.99. The molecule has 0 saturated heterocycles. The molecule has 138 valence electrons. The summed E-state index contributed by atoms with van der Waals surface area (Å²) in [5, 5.41) is 2.90. The van der Waals surface area contributed by atoms with Gasteiger partial charge in [-0.05, 0) is 55.8 Å². The van der Waals surface area contributed by atoms with Crippen LogP contribution in [0.1, 0.15) is 25.1 Å². The molecule has 0 spiro atoms. The third-order valence-electron chi connectivity index (χ3n) is 4.35. The molecule has 0 unspecified atom stereocenters. The van der Waals surface area contributed by atoms with Gasteiger partial charge in [0.1, 0.15) is 18.2 Å². The van der Waals surface area contributed by atoms with Crippen LogP contribution in [0, 0.1) is 5.82 Å². The molecule has 4 nitrogen and oxygen atoms in total. The summed E-state index contributed by atoms with van der Waals surface area (Å²) in [6, 6.07) is 18.9. The first-order chi connectivity index (χ1) is 13.0. The van der Waals surface area contributed by atoms with Gasteiger partial charge in [0.05, 0.1) is 16.8 Å². The van der Waals surface area contributed by atoms with E-state index in [0.717, 1.165) is 5.69 Å². The number of carbonyl (C=O) groups excluding carboxylic acids is 1. The zero-order valence-electron chi connectivity index (χ0n) is 15.3. The highest BCUT2D eigenvalue weighted by Gasteiger charge is 2.30. The van der Waals surface area contributed by atoms with Crippen molar-refractivity contribution in [3.05, 3.63) is 90.0 Å². The first-order valence-corrected chi connectivity index (χ1v) is 8.66. The van der Waals surface area contributed by atoms with Crippen LogP contribution in [-0.4, -0.2) is 10.9 Å². The van der Waals surface area contributed by atoms with E-state index < -0.39 is 5.41 Å². The minimum atomic E-state index is -0.907. The summed E-state index contributed by atoms with van der Waals surface area (Å²) in [6.07, 6.45) is 1.70. The third kappa shape index (κ3) is 4.50. The Labute approximate surface area is 158 Å². The van der Waals surface area contributed by atoms with Crippen molar-refractivity contribution in [2.75, 3.05) is 5.32 Å². The number of pyridine rings is 1. The average Bonchev–Trinajstić information content (AvgIpc) is 2.68. The number of hydrogen-bond donors (Lipinski definition) is 1. The molecule has 0 bridgehead atoms. The predicted octanol–water partition coefficient (Wildman–Crippen LogP) is 4.72. The van der Waals surface area contributed by atoms with Gasteiger partial charge in [0.2, 0.25) is 5.91 Å². The molecule has 0 aliphatic rings. The Morgan fingerprint density at radius 1 is 1.07 bits per heavy atom. The van der Waals surface area contributed by atoms with Crippen molar-refractivity contribution >= 4 is 11.6 Å². The fourth-order valence-electron chi connectivity index (χ4n) is 2.62. The van der Waals surface area contributed by atoms with Crippen LogP contribution in [0.25, 0.3) is 0 Å². The van der Waals surface area contributed by atoms with E-state index in [-0.39, 0.29) is 11.7 Å². The van der Waals surface area contributed by atoms with Gasteiger partial charge in [-0.2, -0.15) is 0 Å². The average molecular weight is 364 g/mol. The lowest BCUT2D eigenvalue weighted by atomic mass is 9.83. The van der Waals surface area contributed by atoms with E-state index >= 15 is 0 Å². The Morgan fingerprint density at radius 2 is 1.85 bits per heavy atom. The van der Waals surface area contributed by atoms with Crippen molar-refractivity contribution in [2.24, 2.45) is 0 Å². The number of halogens is 1. The number of amides is 1. The minimum Gasteiger partial charge on any atom is -0.485 e. The Morgan fingerprint density at radius 3 is 2.59 bits per heavy atom. The van der Waals surface area contributed by atoms with Crippen LogP contribution in [0.2, 0.25) is 0 Å². The summed E-state index contributed by atoms with van der Waals surface area (Å²) in [5.74, 6) is -0.0685. The molecule has 0 aliphatic heterocycles. The summed E-state index contributed by atoms with van der Waals surface area (Å²) in [6.45, 7) is 3.81. The largest absolute Gasteiger partial charge is 0.485 e. The maximum Gasteiger partial charge on any atom is 0.234 e. The third-order valence-corrected chi connectivity index (χ3v) is 4.35. The molecule has 27 heavy (non-hydrogen) atoms. The van der Waals surface area contributed by atoms with Gasteiger partial charge in [0.15, 0.2) is 0 Å². The van der Waals surface area contributed by atoms with Gasteiger partial charge in [-0.3, -0.25) is 9.78 Å². The summed E-state index contributed by atoms with van der Waals surface area (Å²) in [4.78, 5) is 17.1. The van der Waals surface area contributed by atoms with Gasteiger partial charge in [-0.1, -0.05) is 30.3 Å². The van der Waals surface area contributed by atoms with Gasteiger partial charge in [-0.25, -0.2) is 4.39 Å². The predicted molar refractivity (Wildman–Crippen MR) is 103 cm³/mol. The van der Waals surface area contributed by atoms with Crippen LogP contribution in [-0.2, 0) is 16.8 Å². The first-order valence-electron chi connectivity index (χ1n) is 8.66.